The van der Waals surface area contributed by atoms with Crippen molar-refractivity contribution in [1.82, 2.24) is 9.97 Å². The van der Waals surface area contributed by atoms with Gasteiger partial charge < -0.3 is 9.40 Å². The topological polar surface area (TPSA) is 38.9 Å². The Morgan fingerprint density at radius 1 is 0.667 bits per heavy atom. The molecule has 0 unspecified atom stereocenters. The molecule has 5 heteroatoms. The number of pyridine rings is 2. The fourth-order valence-electron chi connectivity index (χ4n) is 7.22. The van der Waals surface area contributed by atoms with Crippen LogP contribution >= 0.6 is 0 Å². The summed E-state index contributed by atoms with van der Waals surface area (Å²) in [5, 5.41) is 2.23. The van der Waals surface area contributed by atoms with E-state index in [0.29, 0.717) is 5.92 Å². The first-order valence-electron chi connectivity index (χ1n) is 18.7. The summed E-state index contributed by atoms with van der Waals surface area (Å²) >= 11 is -1.83. The molecule has 0 aliphatic carbocycles. The molecule has 8 aromatic rings. The summed E-state index contributed by atoms with van der Waals surface area (Å²) in [7, 11) is 0. The van der Waals surface area contributed by atoms with Crippen molar-refractivity contribution in [3.8, 4) is 44.8 Å². The van der Waals surface area contributed by atoms with E-state index in [-0.39, 0.29) is 20.1 Å². The summed E-state index contributed by atoms with van der Waals surface area (Å²) in [5.41, 5.74) is 13.1. The standard InChI is InChI=1S/C28H24NO.C21H22GeN.Ir/c1-3-19(4-2)22-15-16-29-26(17-22)25-12-8-11-24-23-14-13-21(18-27(23)30-28(24)25)20-9-6-5-7-10-20;1-16-14-21(23-15-20(16)22(2,3)4)19-12-10-18(11-13-19)17-8-6-5-7-9-17;/h5-11,13-19H,3-4H2,1-2H3;5-12,14-15H,1-4H3;/q2*-1;. The third kappa shape index (κ3) is 8.52. The molecule has 273 valence electrons. The molecular formula is C49H46GeIrN2O-2. The van der Waals surface area contributed by atoms with Crippen LogP contribution in [0.5, 0.6) is 0 Å². The fourth-order valence-corrected chi connectivity index (χ4v) is 10.8. The Hall–Kier alpha value is -4.61. The van der Waals surface area contributed by atoms with E-state index in [9.17, 15) is 0 Å². The van der Waals surface area contributed by atoms with Gasteiger partial charge in [0.2, 0.25) is 0 Å². The van der Waals surface area contributed by atoms with Crippen molar-refractivity contribution in [2.45, 2.75) is 56.8 Å². The predicted molar refractivity (Wildman–Crippen MR) is 226 cm³/mol. The van der Waals surface area contributed by atoms with Gasteiger partial charge in [0.15, 0.2) is 0 Å². The van der Waals surface area contributed by atoms with E-state index in [2.05, 4.69) is 171 Å². The van der Waals surface area contributed by atoms with Crippen molar-refractivity contribution in [3.05, 3.63) is 163 Å². The molecule has 0 aliphatic heterocycles. The van der Waals surface area contributed by atoms with Crippen LogP contribution in [0.1, 0.15) is 43.7 Å². The van der Waals surface area contributed by atoms with Crippen molar-refractivity contribution in [1.29, 1.82) is 0 Å². The second kappa shape index (κ2) is 17.2. The van der Waals surface area contributed by atoms with Crippen molar-refractivity contribution < 1.29 is 24.5 Å². The number of hydrogen-bond acceptors (Lipinski definition) is 3. The second-order valence-electron chi connectivity index (χ2n) is 14.8. The zero-order valence-electron chi connectivity index (χ0n) is 31.9. The molecule has 0 saturated carbocycles. The number of hydrogen-bond donors (Lipinski definition) is 0. The van der Waals surface area contributed by atoms with Gasteiger partial charge in [-0.25, -0.2) is 0 Å². The molecule has 0 N–H and O–H groups in total. The Labute approximate surface area is 336 Å². The average Bonchev–Trinajstić information content (AvgIpc) is 3.57. The van der Waals surface area contributed by atoms with Gasteiger partial charge in [-0.1, -0.05) is 78.9 Å². The Bertz CT molecular complexity index is 2460. The van der Waals surface area contributed by atoms with Gasteiger partial charge in [-0.05, 0) is 47.7 Å². The first kappa shape index (κ1) is 39.1. The van der Waals surface area contributed by atoms with Crippen molar-refractivity contribution in [3.63, 3.8) is 0 Å². The van der Waals surface area contributed by atoms with Gasteiger partial charge >= 0.3 is 142 Å². The van der Waals surface area contributed by atoms with Crippen LogP contribution in [0.4, 0.5) is 0 Å². The van der Waals surface area contributed by atoms with Crippen LogP contribution in [0, 0.1) is 19.1 Å². The third-order valence-corrected chi connectivity index (χ3v) is 14.6. The molecule has 1 radical (unpaired) electrons. The number of rotatable bonds is 8. The van der Waals surface area contributed by atoms with Crippen LogP contribution in [-0.4, -0.2) is 23.2 Å². The van der Waals surface area contributed by atoms with Crippen molar-refractivity contribution in [2.75, 3.05) is 0 Å². The predicted octanol–water partition coefficient (Wildman–Crippen LogP) is 13.1. The number of furan rings is 1. The largest absolute Gasteiger partial charge is 0 e. The monoisotopic (exact) mass is 945 g/mol. The van der Waals surface area contributed by atoms with Crippen LogP contribution in [-0.2, 0) is 20.1 Å². The Morgan fingerprint density at radius 3 is 1.98 bits per heavy atom. The fraction of sp³-hybridized carbons (Fsp3) is 0.184. The summed E-state index contributed by atoms with van der Waals surface area (Å²) in [6.07, 6.45) is 6.25. The SMILES string of the molecule is CCC(CC)c1ccnc(-c2[c-]ccc3c2oc2cc(-c4ccccc4)ccc23)c1.Cc1cc(-c2[c-]cc(-c3ccccc3)cc2)nc[c]1[Ge]([CH3])([CH3])[CH3].[Ir]. The maximum atomic E-state index is 6.38. The van der Waals surface area contributed by atoms with Crippen LogP contribution in [0.2, 0.25) is 17.3 Å². The Kier molecular flexibility index (Phi) is 12.5. The van der Waals surface area contributed by atoms with Gasteiger partial charge in [0.25, 0.3) is 0 Å². The summed E-state index contributed by atoms with van der Waals surface area (Å²) in [6, 6.07) is 50.9. The molecule has 0 bridgehead atoms. The quantitative estimate of drug-likeness (QED) is 0.113. The van der Waals surface area contributed by atoms with Gasteiger partial charge in [0.1, 0.15) is 5.58 Å². The molecule has 0 amide bonds. The first-order chi connectivity index (χ1) is 25.7. The van der Waals surface area contributed by atoms with E-state index in [1.807, 2.05) is 24.4 Å². The van der Waals surface area contributed by atoms with Crippen LogP contribution in [0.3, 0.4) is 0 Å². The van der Waals surface area contributed by atoms with Gasteiger partial charge in [0.05, 0.1) is 5.58 Å². The Balaban J connectivity index is 0.000000187. The molecule has 0 spiro atoms. The molecule has 54 heavy (non-hydrogen) atoms. The minimum Gasteiger partial charge on any atom is 0 e. The smallest absolute Gasteiger partial charge is 0 e. The first-order valence-corrected chi connectivity index (χ1v) is 26.0. The molecule has 8 rings (SSSR count). The van der Waals surface area contributed by atoms with Crippen LogP contribution < -0.4 is 4.40 Å². The maximum absolute atomic E-state index is 6.38. The molecule has 0 atom stereocenters. The maximum Gasteiger partial charge on any atom is 0 e. The summed E-state index contributed by atoms with van der Waals surface area (Å²) in [5.74, 6) is 7.77. The summed E-state index contributed by atoms with van der Waals surface area (Å²) in [4.78, 5) is 9.35. The number of aryl methyl sites for hydroxylation is 1. The minimum absolute atomic E-state index is 0. The van der Waals surface area contributed by atoms with Gasteiger partial charge in [0, 0.05) is 31.7 Å². The number of fused-ring (bicyclic) bond motifs is 3. The van der Waals surface area contributed by atoms with E-state index in [4.69, 9.17) is 9.40 Å². The summed E-state index contributed by atoms with van der Waals surface area (Å²) < 4.78 is 7.86. The Morgan fingerprint density at radius 2 is 1.35 bits per heavy atom. The summed E-state index contributed by atoms with van der Waals surface area (Å²) in [6.45, 7) is 6.69. The molecule has 3 nitrogen and oxygen atoms in total. The molecule has 0 aliphatic rings. The van der Waals surface area contributed by atoms with Gasteiger partial charge in [-0.15, -0.1) is 18.2 Å². The molecule has 0 fully saturated rings. The van der Waals surface area contributed by atoms with E-state index >= 15 is 0 Å². The number of aromatic nitrogens is 2. The normalized spacial score (nSPS) is 11.3. The molecular weight excluding hydrogens is 897 g/mol. The van der Waals surface area contributed by atoms with Crippen molar-refractivity contribution >= 4 is 39.6 Å². The zero-order chi connectivity index (χ0) is 37.0. The van der Waals surface area contributed by atoms with E-state index < -0.39 is 13.3 Å². The average molecular weight is 944 g/mol. The molecule has 3 heterocycles. The van der Waals surface area contributed by atoms with Crippen LogP contribution in [0.25, 0.3) is 66.7 Å². The van der Waals surface area contributed by atoms with Crippen molar-refractivity contribution in [2.24, 2.45) is 0 Å². The molecule has 0 saturated heterocycles. The molecule has 3 aromatic heterocycles. The second-order valence-corrected chi connectivity index (χ2v) is 25.3. The van der Waals surface area contributed by atoms with E-state index in [0.717, 1.165) is 62.9 Å². The van der Waals surface area contributed by atoms with Crippen LogP contribution in [0.15, 0.2) is 144 Å². The number of benzene rings is 5. The molecule has 5 aromatic carbocycles. The van der Waals surface area contributed by atoms with Gasteiger partial charge in [-0.2, -0.15) is 0 Å². The zero-order valence-corrected chi connectivity index (χ0v) is 36.4. The number of nitrogens with zero attached hydrogens (tertiary/aromatic N) is 2. The van der Waals surface area contributed by atoms with E-state index in [1.54, 1.807) is 0 Å². The third-order valence-electron chi connectivity index (χ3n) is 10.2. The van der Waals surface area contributed by atoms with E-state index in [1.165, 1.54) is 32.2 Å². The van der Waals surface area contributed by atoms with Gasteiger partial charge in [-0.3, -0.25) is 0 Å². The minimum atomic E-state index is -1.83.